The summed E-state index contributed by atoms with van der Waals surface area (Å²) in [6.45, 7) is 0.244. The van der Waals surface area contributed by atoms with Crippen molar-refractivity contribution in [1.29, 1.82) is 0 Å². The van der Waals surface area contributed by atoms with Crippen LogP contribution in [0.25, 0.3) is 0 Å². The van der Waals surface area contributed by atoms with Crippen LogP contribution in [0.4, 0.5) is 0 Å². The summed E-state index contributed by atoms with van der Waals surface area (Å²) in [5.41, 5.74) is -0.764. The molecular weight excluding hydrogens is 524 g/mol. The van der Waals surface area contributed by atoms with Crippen molar-refractivity contribution < 1.29 is 25.5 Å². The van der Waals surface area contributed by atoms with Gasteiger partial charge in [0.1, 0.15) is 0 Å². The van der Waals surface area contributed by atoms with E-state index in [1.54, 1.807) is 0 Å². The minimum atomic E-state index is -0.408. The van der Waals surface area contributed by atoms with Crippen LogP contribution in [0.15, 0.2) is 0 Å². The summed E-state index contributed by atoms with van der Waals surface area (Å²) >= 11 is 0. The standard InChI is InChI=1S/C37H74O5/c38-30-24-35-23-21-19-17-15-13-11-9-7-5-3-1-2-4-6-8-10-12-14-16-18-20-22-25-36(26-31-39,27-32-40)37(35,28-33-41)29-34-42/h35,38-42H,1-34H2. The molecule has 0 aromatic carbocycles. The molecule has 0 radical (unpaired) electrons. The minimum Gasteiger partial charge on any atom is -0.396 e. The van der Waals surface area contributed by atoms with Crippen LogP contribution in [0.1, 0.15) is 186 Å². The van der Waals surface area contributed by atoms with Crippen LogP contribution in [0.5, 0.6) is 0 Å². The van der Waals surface area contributed by atoms with Crippen LogP contribution in [0.3, 0.4) is 0 Å². The number of hydrogen-bond acceptors (Lipinski definition) is 5. The number of aliphatic hydroxyl groups excluding tert-OH is 5. The van der Waals surface area contributed by atoms with Crippen molar-refractivity contribution in [1.82, 2.24) is 0 Å². The second kappa shape index (κ2) is 27.1. The quantitative estimate of drug-likeness (QED) is 0.173. The lowest BCUT2D eigenvalue weighted by Crippen LogP contribution is -2.50. The van der Waals surface area contributed by atoms with Crippen molar-refractivity contribution in [3.8, 4) is 0 Å². The van der Waals surface area contributed by atoms with E-state index in [1.807, 2.05) is 0 Å². The molecule has 5 heteroatoms. The van der Waals surface area contributed by atoms with Gasteiger partial charge in [0.2, 0.25) is 0 Å². The fourth-order valence-electron chi connectivity index (χ4n) is 8.69. The normalized spacial score (nSPS) is 24.1. The van der Waals surface area contributed by atoms with E-state index in [4.69, 9.17) is 0 Å². The van der Waals surface area contributed by atoms with E-state index in [-0.39, 0.29) is 44.4 Å². The highest BCUT2D eigenvalue weighted by Gasteiger charge is 2.52. The Morgan fingerprint density at radius 2 is 0.667 bits per heavy atom. The molecule has 0 aromatic rings. The van der Waals surface area contributed by atoms with Gasteiger partial charge >= 0.3 is 0 Å². The first-order valence-electron chi connectivity index (χ1n) is 18.7. The molecule has 1 aliphatic carbocycles. The molecule has 1 fully saturated rings. The first kappa shape index (κ1) is 39.8. The third kappa shape index (κ3) is 15.7. The Labute approximate surface area is 261 Å². The second-order valence-electron chi connectivity index (χ2n) is 13.9. The van der Waals surface area contributed by atoms with Crippen molar-refractivity contribution in [2.45, 2.75) is 186 Å². The molecule has 1 rings (SSSR count). The lowest BCUT2D eigenvalue weighted by molar-refractivity contribution is -0.100. The smallest absolute Gasteiger partial charge is 0.0436 e. The van der Waals surface area contributed by atoms with Crippen molar-refractivity contribution in [2.24, 2.45) is 16.7 Å². The van der Waals surface area contributed by atoms with Gasteiger partial charge in [0.05, 0.1) is 0 Å². The van der Waals surface area contributed by atoms with Gasteiger partial charge in [-0.25, -0.2) is 0 Å². The maximum absolute atomic E-state index is 10.4. The predicted molar refractivity (Wildman–Crippen MR) is 178 cm³/mol. The summed E-state index contributed by atoms with van der Waals surface area (Å²) in [6.07, 6.45) is 33.7. The van der Waals surface area contributed by atoms with Gasteiger partial charge in [0.15, 0.2) is 0 Å². The molecule has 252 valence electrons. The molecule has 0 amide bonds. The van der Waals surface area contributed by atoms with Gasteiger partial charge in [-0.15, -0.1) is 0 Å². The Hall–Kier alpha value is -0.200. The monoisotopic (exact) mass is 599 g/mol. The van der Waals surface area contributed by atoms with Gasteiger partial charge in [0.25, 0.3) is 0 Å². The highest BCUT2D eigenvalue weighted by molar-refractivity contribution is 5.01. The SMILES string of the molecule is OCCC1CCCCCCCCCCCCCCCCCCCCCCCCC(CCO)(CCO)C1(CCO)CCO. The summed E-state index contributed by atoms with van der Waals surface area (Å²) in [5.74, 6) is 0.155. The van der Waals surface area contributed by atoms with Crippen LogP contribution in [0, 0.1) is 16.7 Å². The Balaban J connectivity index is 3.02. The van der Waals surface area contributed by atoms with Gasteiger partial charge in [-0.1, -0.05) is 141 Å². The van der Waals surface area contributed by atoms with E-state index >= 15 is 0 Å². The van der Waals surface area contributed by atoms with Crippen LogP contribution in [-0.2, 0) is 0 Å². The van der Waals surface area contributed by atoms with E-state index in [9.17, 15) is 25.5 Å². The summed E-state index contributed by atoms with van der Waals surface area (Å²) in [4.78, 5) is 0. The van der Waals surface area contributed by atoms with Gasteiger partial charge in [-0.2, -0.15) is 0 Å². The van der Waals surface area contributed by atoms with Crippen LogP contribution in [-0.4, -0.2) is 58.6 Å². The van der Waals surface area contributed by atoms with Crippen molar-refractivity contribution in [2.75, 3.05) is 33.0 Å². The first-order valence-corrected chi connectivity index (χ1v) is 18.7. The van der Waals surface area contributed by atoms with Gasteiger partial charge in [0, 0.05) is 33.0 Å². The zero-order valence-corrected chi connectivity index (χ0v) is 27.9. The Morgan fingerprint density at radius 3 is 0.976 bits per heavy atom. The maximum Gasteiger partial charge on any atom is 0.0436 e. The molecule has 0 bridgehead atoms. The third-order valence-electron chi connectivity index (χ3n) is 11.1. The first-order chi connectivity index (χ1) is 20.7. The molecule has 5 N–H and O–H groups in total. The van der Waals surface area contributed by atoms with E-state index in [1.165, 1.54) is 122 Å². The third-order valence-corrected chi connectivity index (χ3v) is 11.1. The summed E-state index contributed by atoms with van der Waals surface area (Å²) in [7, 11) is 0. The lowest BCUT2D eigenvalue weighted by atomic mass is 9.49. The largest absolute Gasteiger partial charge is 0.396 e. The van der Waals surface area contributed by atoms with Crippen LogP contribution in [0.2, 0.25) is 0 Å². The number of aliphatic hydroxyl groups is 5. The van der Waals surface area contributed by atoms with E-state index in [0.717, 1.165) is 32.1 Å². The molecule has 1 unspecified atom stereocenters. The molecule has 1 aliphatic rings. The average Bonchev–Trinajstić information content (AvgIpc) is 2.98. The average molecular weight is 599 g/mol. The van der Waals surface area contributed by atoms with Gasteiger partial charge in [-0.3, -0.25) is 0 Å². The fraction of sp³-hybridized carbons (Fsp3) is 1.00. The van der Waals surface area contributed by atoms with Crippen molar-refractivity contribution in [3.63, 3.8) is 0 Å². The number of hydrogen-bond donors (Lipinski definition) is 5. The van der Waals surface area contributed by atoms with Crippen LogP contribution < -0.4 is 0 Å². The van der Waals surface area contributed by atoms with Crippen molar-refractivity contribution in [3.05, 3.63) is 0 Å². The molecule has 0 heterocycles. The molecule has 0 saturated heterocycles. The zero-order chi connectivity index (χ0) is 30.6. The maximum atomic E-state index is 10.4. The predicted octanol–water partition coefficient (Wildman–Crippen LogP) is 8.86. The number of rotatable bonds is 10. The Kier molecular flexibility index (Phi) is 25.7. The molecule has 0 spiro atoms. The molecular formula is C37H74O5. The molecule has 0 aliphatic heterocycles. The Bertz CT molecular complexity index is 556. The molecule has 5 nitrogen and oxygen atoms in total. The zero-order valence-electron chi connectivity index (χ0n) is 27.9. The van der Waals surface area contributed by atoms with Gasteiger partial charge < -0.3 is 25.5 Å². The van der Waals surface area contributed by atoms with Crippen LogP contribution >= 0.6 is 0 Å². The topological polar surface area (TPSA) is 101 Å². The molecule has 1 atom stereocenters. The highest BCUT2D eigenvalue weighted by atomic mass is 16.3. The van der Waals surface area contributed by atoms with Gasteiger partial charge in [-0.05, 0) is 61.7 Å². The van der Waals surface area contributed by atoms with E-state index < -0.39 is 5.41 Å². The molecule has 0 aromatic heterocycles. The second-order valence-corrected chi connectivity index (χ2v) is 13.9. The highest BCUT2D eigenvalue weighted by Crippen LogP contribution is 2.59. The summed E-state index contributed by atoms with van der Waals surface area (Å²) < 4.78 is 0. The minimum absolute atomic E-state index is 0.0283. The van der Waals surface area contributed by atoms with E-state index in [2.05, 4.69) is 0 Å². The Morgan fingerprint density at radius 1 is 0.357 bits per heavy atom. The lowest BCUT2D eigenvalue weighted by Gasteiger charge is -2.56. The van der Waals surface area contributed by atoms with Crippen molar-refractivity contribution >= 4 is 0 Å². The summed E-state index contributed by atoms with van der Waals surface area (Å²) in [5, 5.41) is 51.5. The molecule has 42 heavy (non-hydrogen) atoms. The van der Waals surface area contributed by atoms with E-state index in [0.29, 0.717) is 32.1 Å². The summed E-state index contributed by atoms with van der Waals surface area (Å²) in [6, 6.07) is 0. The fourth-order valence-corrected chi connectivity index (χ4v) is 8.69. The molecule has 1 saturated carbocycles.